The van der Waals surface area contributed by atoms with E-state index in [2.05, 4.69) is 49.7 Å². The van der Waals surface area contributed by atoms with Gasteiger partial charge in [0.2, 0.25) is 0 Å². The van der Waals surface area contributed by atoms with Crippen LogP contribution >= 0.6 is 0 Å². The summed E-state index contributed by atoms with van der Waals surface area (Å²) in [6.45, 7) is 19.2. The fraction of sp³-hybridized carbons (Fsp3) is 1.00. The lowest BCUT2D eigenvalue weighted by molar-refractivity contribution is 0.0432. The molecule has 2 heterocycles. The summed E-state index contributed by atoms with van der Waals surface area (Å²) in [4.78, 5) is 5.27. The Bertz CT molecular complexity index is 285. The molecule has 1 N–H and O–H groups in total. The van der Waals surface area contributed by atoms with Crippen LogP contribution in [0.5, 0.6) is 0 Å². The number of nitrogens with zero attached hydrogens (tertiary/aromatic N) is 2. The summed E-state index contributed by atoms with van der Waals surface area (Å²) >= 11 is 0. The van der Waals surface area contributed by atoms with E-state index >= 15 is 0 Å². The summed E-state index contributed by atoms with van der Waals surface area (Å²) in [6, 6.07) is 0.669. The van der Waals surface area contributed by atoms with Gasteiger partial charge in [-0.15, -0.1) is 0 Å². The molecule has 2 rings (SSSR count). The molecule has 2 aliphatic heterocycles. The minimum Gasteiger partial charge on any atom is -0.312 e. The average molecular weight is 267 g/mol. The molecule has 3 heteroatoms. The molecule has 0 aromatic carbocycles. The van der Waals surface area contributed by atoms with Crippen LogP contribution in [0.2, 0.25) is 0 Å². The number of nitrogens with one attached hydrogen (secondary N) is 1. The van der Waals surface area contributed by atoms with Crippen LogP contribution in [-0.4, -0.2) is 60.6 Å². The van der Waals surface area contributed by atoms with Crippen LogP contribution in [0.3, 0.4) is 0 Å². The van der Waals surface area contributed by atoms with E-state index in [4.69, 9.17) is 0 Å². The van der Waals surface area contributed by atoms with Crippen molar-refractivity contribution in [2.45, 2.75) is 59.0 Å². The first-order valence-electron chi connectivity index (χ1n) is 8.00. The van der Waals surface area contributed by atoms with Gasteiger partial charge >= 0.3 is 0 Å². The Hall–Kier alpha value is -0.120. The van der Waals surface area contributed by atoms with Crippen LogP contribution in [-0.2, 0) is 0 Å². The van der Waals surface area contributed by atoms with Crippen molar-refractivity contribution in [3.8, 4) is 0 Å². The quantitative estimate of drug-likeness (QED) is 0.827. The maximum absolute atomic E-state index is 3.74. The lowest BCUT2D eigenvalue weighted by Gasteiger charge is -2.46. The van der Waals surface area contributed by atoms with Crippen molar-refractivity contribution >= 4 is 0 Å². The molecule has 2 fully saturated rings. The van der Waals surface area contributed by atoms with Crippen molar-refractivity contribution in [1.29, 1.82) is 0 Å². The third-order valence-corrected chi connectivity index (χ3v) is 5.09. The van der Waals surface area contributed by atoms with Gasteiger partial charge in [-0.3, -0.25) is 9.80 Å². The predicted molar refractivity (Wildman–Crippen MR) is 82.6 cm³/mol. The molecule has 1 atom stereocenters. The largest absolute Gasteiger partial charge is 0.312 e. The van der Waals surface area contributed by atoms with Gasteiger partial charge in [0, 0.05) is 44.3 Å². The molecule has 0 aromatic heterocycles. The first-order valence-corrected chi connectivity index (χ1v) is 8.00. The smallest absolute Gasteiger partial charge is 0.0246 e. The van der Waals surface area contributed by atoms with Crippen molar-refractivity contribution < 1.29 is 0 Å². The Labute approximate surface area is 119 Å². The van der Waals surface area contributed by atoms with E-state index < -0.39 is 0 Å². The monoisotopic (exact) mass is 267 g/mol. The second kappa shape index (κ2) is 5.71. The Morgan fingerprint density at radius 3 is 2.26 bits per heavy atom. The lowest BCUT2D eigenvalue weighted by atomic mass is 9.77. The van der Waals surface area contributed by atoms with Gasteiger partial charge < -0.3 is 5.32 Å². The van der Waals surface area contributed by atoms with Crippen molar-refractivity contribution in [2.24, 2.45) is 5.41 Å². The Morgan fingerprint density at radius 1 is 1.11 bits per heavy atom. The van der Waals surface area contributed by atoms with Crippen LogP contribution in [0.4, 0.5) is 0 Å². The van der Waals surface area contributed by atoms with E-state index in [1.165, 1.54) is 52.1 Å². The van der Waals surface area contributed by atoms with E-state index in [-0.39, 0.29) is 0 Å². The molecule has 0 amide bonds. The zero-order valence-corrected chi connectivity index (χ0v) is 13.6. The fourth-order valence-corrected chi connectivity index (χ4v) is 3.44. The van der Waals surface area contributed by atoms with Gasteiger partial charge in [-0.2, -0.15) is 0 Å². The van der Waals surface area contributed by atoms with Gasteiger partial charge in [-0.25, -0.2) is 0 Å². The summed E-state index contributed by atoms with van der Waals surface area (Å²) in [5, 5.41) is 3.74. The van der Waals surface area contributed by atoms with Crippen LogP contribution in [0.25, 0.3) is 0 Å². The van der Waals surface area contributed by atoms with E-state index in [9.17, 15) is 0 Å². The summed E-state index contributed by atoms with van der Waals surface area (Å²) in [6.07, 6.45) is 2.70. The third kappa shape index (κ3) is 3.93. The minimum atomic E-state index is 0.328. The standard InChI is InChI=1S/C16H33N3/c1-15(2,3)19-11-9-18(10-12-19)13-14-16(4,5)7-6-8-17-14/h14,17H,6-13H2,1-5H3. The average Bonchev–Trinajstić information content (AvgIpc) is 2.31. The molecule has 19 heavy (non-hydrogen) atoms. The molecular formula is C16H33N3. The molecule has 2 aliphatic rings. The van der Waals surface area contributed by atoms with Crippen molar-refractivity contribution in [1.82, 2.24) is 15.1 Å². The van der Waals surface area contributed by atoms with E-state index in [1.54, 1.807) is 0 Å². The molecule has 0 aromatic rings. The maximum Gasteiger partial charge on any atom is 0.0246 e. The molecule has 0 aliphatic carbocycles. The maximum atomic E-state index is 3.74. The molecule has 0 saturated carbocycles. The molecule has 0 spiro atoms. The molecule has 0 radical (unpaired) electrons. The molecular weight excluding hydrogens is 234 g/mol. The van der Waals surface area contributed by atoms with Gasteiger partial charge in [0.15, 0.2) is 0 Å². The lowest BCUT2D eigenvalue weighted by Crippen LogP contribution is -2.58. The molecule has 0 bridgehead atoms. The normalized spacial score (nSPS) is 30.5. The van der Waals surface area contributed by atoms with E-state index in [1.807, 2.05) is 0 Å². The van der Waals surface area contributed by atoms with Gasteiger partial charge in [-0.05, 0) is 45.6 Å². The Balaban J connectivity index is 1.82. The predicted octanol–water partition coefficient (Wildman–Crippen LogP) is 2.18. The van der Waals surface area contributed by atoms with Gasteiger partial charge in [0.1, 0.15) is 0 Å². The second-order valence-electron chi connectivity index (χ2n) is 8.06. The second-order valence-corrected chi connectivity index (χ2v) is 8.06. The zero-order valence-electron chi connectivity index (χ0n) is 13.6. The van der Waals surface area contributed by atoms with Crippen LogP contribution in [0.1, 0.15) is 47.5 Å². The topological polar surface area (TPSA) is 18.5 Å². The first kappa shape index (κ1) is 15.3. The number of hydrogen-bond acceptors (Lipinski definition) is 3. The number of piperazine rings is 1. The van der Waals surface area contributed by atoms with Gasteiger partial charge in [0.25, 0.3) is 0 Å². The SMILES string of the molecule is CC1(C)CCCNC1CN1CCN(C(C)(C)C)CC1. The third-order valence-electron chi connectivity index (χ3n) is 5.09. The minimum absolute atomic E-state index is 0.328. The summed E-state index contributed by atoms with van der Waals surface area (Å²) < 4.78 is 0. The summed E-state index contributed by atoms with van der Waals surface area (Å²) in [5.41, 5.74) is 0.786. The number of piperidine rings is 1. The highest BCUT2D eigenvalue weighted by Crippen LogP contribution is 2.30. The highest BCUT2D eigenvalue weighted by atomic mass is 15.3. The highest BCUT2D eigenvalue weighted by Gasteiger charge is 2.34. The molecule has 2 saturated heterocycles. The zero-order chi connectivity index (χ0) is 14.1. The van der Waals surface area contributed by atoms with Gasteiger partial charge in [0.05, 0.1) is 0 Å². The van der Waals surface area contributed by atoms with E-state index in [0.717, 1.165) is 0 Å². The van der Waals surface area contributed by atoms with Crippen molar-refractivity contribution in [3.63, 3.8) is 0 Å². The number of hydrogen-bond donors (Lipinski definition) is 1. The molecule has 112 valence electrons. The molecule has 1 unspecified atom stereocenters. The first-order chi connectivity index (χ1) is 8.79. The van der Waals surface area contributed by atoms with Crippen molar-refractivity contribution in [2.75, 3.05) is 39.3 Å². The molecule has 3 nitrogen and oxygen atoms in total. The van der Waals surface area contributed by atoms with Gasteiger partial charge in [-0.1, -0.05) is 13.8 Å². The number of rotatable bonds is 2. The Kier molecular flexibility index (Phi) is 4.59. The van der Waals surface area contributed by atoms with E-state index in [0.29, 0.717) is 17.0 Å². The van der Waals surface area contributed by atoms with Crippen molar-refractivity contribution in [3.05, 3.63) is 0 Å². The summed E-state index contributed by atoms with van der Waals surface area (Å²) in [7, 11) is 0. The fourth-order valence-electron chi connectivity index (χ4n) is 3.44. The highest BCUT2D eigenvalue weighted by molar-refractivity contribution is 4.91. The van der Waals surface area contributed by atoms with Crippen LogP contribution in [0.15, 0.2) is 0 Å². The van der Waals surface area contributed by atoms with Crippen LogP contribution in [0, 0.1) is 5.41 Å². The van der Waals surface area contributed by atoms with Crippen LogP contribution < -0.4 is 5.32 Å². The Morgan fingerprint density at radius 2 is 1.74 bits per heavy atom. The summed E-state index contributed by atoms with van der Waals surface area (Å²) in [5.74, 6) is 0.